The minimum Gasteiger partial charge on any atom is -0.495 e. The van der Waals surface area contributed by atoms with Gasteiger partial charge in [0, 0.05) is 28.9 Å². The van der Waals surface area contributed by atoms with Crippen LogP contribution in [0.2, 0.25) is 5.02 Å². The van der Waals surface area contributed by atoms with Crippen LogP contribution in [0.15, 0.2) is 36.7 Å². The average molecular weight is 396 g/mol. The molecule has 0 fully saturated rings. The molecule has 0 saturated heterocycles. The van der Waals surface area contributed by atoms with Crippen LogP contribution in [0.25, 0.3) is 11.3 Å². The fraction of sp³-hybridized carbons (Fsp3) is 0.176. The molecule has 130 valence electrons. The maximum Gasteiger partial charge on any atom is 0.188 e. The van der Waals surface area contributed by atoms with E-state index in [4.69, 9.17) is 32.7 Å². The third-order valence-electron chi connectivity index (χ3n) is 3.49. The molecule has 1 aromatic carbocycles. The zero-order chi connectivity index (χ0) is 17.8. The third-order valence-corrected chi connectivity index (χ3v) is 5.18. The van der Waals surface area contributed by atoms with Gasteiger partial charge in [-0.25, -0.2) is 4.98 Å². The molecule has 0 bridgehead atoms. The lowest BCUT2D eigenvalue weighted by Gasteiger charge is -2.12. The van der Waals surface area contributed by atoms with Gasteiger partial charge in [0.25, 0.3) is 0 Å². The van der Waals surface area contributed by atoms with Crippen molar-refractivity contribution in [2.45, 2.75) is 5.88 Å². The normalized spacial score (nSPS) is 10.6. The number of anilines is 2. The number of thiazole rings is 1. The lowest BCUT2D eigenvalue weighted by molar-refractivity contribution is 0.396. The monoisotopic (exact) mass is 395 g/mol. The van der Waals surface area contributed by atoms with Crippen molar-refractivity contribution in [2.24, 2.45) is 0 Å². The summed E-state index contributed by atoms with van der Waals surface area (Å²) in [5.41, 5.74) is 2.50. The number of aromatic nitrogens is 2. The Labute approximate surface area is 159 Å². The summed E-state index contributed by atoms with van der Waals surface area (Å²) in [4.78, 5) is 9.66. The lowest BCUT2D eigenvalue weighted by atomic mass is 10.2. The van der Waals surface area contributed by atoms with Crippen LogP contribution in [-0.4, -0.2) is 24.2 Å². The quantitative estimate of drug-likeness (QED) is 0.569. The number of nitrogens with one attached hydrogen (secondary N) is 1. The second-order valence-electron chi connectivity index (χ2n) is 4.97. The molecule has 8 heteroatoms. The first-order chi connectivity index (χ1) is 12.2. The minimum absolute atomic E-state index is 0.373. The highest BCUT2D eigenvalue weighted by molar-refractivity contribution is 7.16. The predicted octanol–water partition coefficient (Wildman–Crippen LogP) is 5.36. The van der Waals surface area contributed by atoms with Crippen LogP contribution >= 0.6 is 34.5 Å². The van der Waals surface area contributed by atoms with Crippen molar-refractivity contribution in [1.29, 1.82) is 0 Å². The van der Waals surface area contributed by atoms with E-state index in [0.717, 1.165) is 16.1 Å². The van der Waals surface area contributed by atoms with Gasteiger partial charge in [0.05, 0.1) is 36.5 Å². The van der Waals surface area contributed by atoms with Crippen LogP contribution in [-0.2, 0) is 5.88 Å². The summed E-state index contributed by atoms with van der Waals surface area (Å²) >= 11 is 13.8. The van der Waals surface area contributed by atoms with Gasteiger partial charge in [-0.2, -0.15) is 0 Å². The van der Waals surface area contributed by atoms with Gasteiger partial charge in [0.1, 0.15) is 11.5 Å². The number of alkyl halides is 1. The first-order valence-corrected chi connectivity index (χ1v) is 9.03. The highest BCUT2D eigenvalue weighted by atomic mass is 35.5. The van der Waals surface area contributed by atoms with Gasteiger partial charge in [0.15, 0.2) is 5.13 Å². The molecule has 0 aliphatic carbocycles. The Morgan fingerprint density at radius 3 is 2.48 bits per heavy atom. The van der Waals surface area contributed by atoms with Crippen molar-refractivity contribution < 1.29 is 9.47 Å². The van der Waals surface area contributed by atoms with Crippen LogP contribution in [0, 0.1) is 0 Å². The van der Waals surface area contributed by atoms with Gasteiger partial charge >= 0.3 is 0 Å². The van der Waals surface area contributed by atoms with E-state index >= 15 is 0 Å². The van der Waals surface area contributed by atoms with E-state index in [9.17, 15) is 0 Å². The summed E-state index contributed by atoms with van der Waals surface area (Å²) in [7, 11) is 3.14. The largest absolute Gasteiger partial charge is 0.495 e. The number of ether oxygens (including phenoxy) is 2. The SMILES string of the molecule is COc1cc(OC)c(Nc2nc(-c3ccncc3)c(CCl)s2)cc1Cl. The molecule has 0 aliphatic rings. The smallest absolute Gasteiger partial charge is 0.188 e. The van der Waals surface area contributed by atoms with Crippen molar-refractivity contribution in [3.05, 3.63) is 46.6 Å². The van der Waals surface area contributed by atoms with E-state index in [0.29, 0.717) is 33.2 Å². The number of rotatable bonds is 6. The standard InChI is InChI=1S/C17H15Cl2N3O2S/c1-23-13-8-14(24-2)12(7-11(13)19)21-17-22-16(15(9-18)25-17)10-3-5-20-6-4-10/h3-8H,9H2,1-2H3,(H,21,22). The van der Waals surface area contributed by atoms with Crippen molar-refractivity contribution in [1.82, 2.24) is 9.97 Å². The summed E-state index contributed by atoms with van der Waals surface area (Å²) in [5.74, 6) is 1.52. The van der Waals surface area contributed by atoms with Crippen LogP contribution in [0.1, 0.15) is 4.88 Å². The molecule has 3 rings (SSSR count). The number of benzene rings is 1. The maximum absolute atomic E-state index is 6.22. The number of hydrogen-bond acceptors (Lipinski definition) is 6. The summed E-state index contributed by atoms with van der Waals surface area (Å²) in [5, 5.41) is 4.43. The average Bonchev–Trinajstić information content (AvgIpc) is 3.05. The van der Waals surface area contributed by atoms with Crippen molar-refractivity contribution >= 4 is 45.4 Å². The zero-order valence-corrected chi connectivity index (χ0v) is 15.9. The summed E-state index contributed by atoms with van der Waals surface area (Å²) in [6.45, 7) is 0. The molecule has 0 radical (unpaired) electrons. The van der Waals surface area contributed by atoms with Crippen LogP contribution in [0.5, 0.6) is 11.5 Å². The minimum atomic E-state index is 0.373. The molecule has 25 heavy (non-hydrogen) atoms. The van der Waals surface area contributed by atoms with E-state index < -0.39 is 0 Å². The first-order valence-electron chi connectivity index (χ1n) is 7.31. The van der Waals surface area contributed by atoms with Gasteiger partial charge in [0.2, 0.25) is 0 Å². The molecular formula is C17H15Cl2N3O2S. The molecule has 3 aromatic rings. The molecule has 0 unspecified atom stereocenters. The Kier molecular flexibility index (Phi) is 5.63. The molecule has 2 aromatic heterocycles. The topological polar surface area (TPSA) is 56.3 Å². The molecule has 2 heterocycles. The van der Waals surface area contributed by atoms with E-state index in [1.165, 1.54) is 11.3 Å². The molecule has 0 aliphatic heterocycles. The maximum atomic E-state index is 6.22. The fourth-order valence-corrected chi connectivity index (χ4v) is 3.68. The van der Waals surface area contributed by atoms with Crippen molar-refractivity contribution in [3.8, 4) is 22.8 Å². The van der Waals surface area contributed by atoms with Gasteiger partial charge in [-0.15, -0.1) is 11.6 Å². The van der Waals surface area contributed by atoms with Crippen molar-refractivity contribution in [3.63, 3.8) is 0 Å². The van der Waals surface area contributed by atoms with E-state index in [1.54, 1.807) is 38.7 Å². The van der Waals surface area contributed by atoms with Gasteiger partial charge in [-0.3, -0.25) is 4.98 Å². The van der Waals surface area contributed by atoms with Crippen molar-refractivity contribution in [2.75, 3.05) is 19.5 Å². The Balaban J connectivity index is 1.97. The lowest BCUT2D eigenvalue weighted by Crippen LogP contribution is -1.96. The number of halogens is 2. The molecule has 5 nitrogen and oxygen atoms in total. The third kappa shape index (κ3) is 3.81. The Hall–Kier alpha value is -2.02. The number of methoxy groups -OCH3 is 2. The molecule has 0 saturated carbocycles. The predicted molar refractivity (Wildman–Crippen MR) is 103 cm³/mol. The molecular weight excluding hydrogens is 381 g/mol. The molecule has 0 atom stereocenters. The van der Waals surface area contributed by atoms with Gasteiger partial charge in [-0.05, 0) is 18.2 Å². The summed E-state index contributed by atoms with van der Waals surface area (Å²) in [6, 6.07) is 7.27. The second kappa shape index (κ2) is 7.91. The summed E-state index contributed by atoms with van der Waals surface area (Å²) < 4.78 is 10.6. The first kappa shape index (κ1) is 17.8. The number of hydrogen-bond donors (Lipinski definition) is 1. The van der Waals surface area contributed by atoms with Gasteiger partial charge < -0.3 is 14.8 Å². The highest BCUT2D eigenvalue weighted by Gasteiger charge is 2.15. The highest BCUT2D eigenvalue weighted by Crippen LogP contribution is 2.39. The van der Waals surface area contributed by atoms with E-state index in [-0.39, 0.29) is 0 Å². The van der Waals surface area contributed by atoms with E-state index in [2.05, 4.69) is 15.3 Å². The van der Waals surface area contributed by atoms with Crippen LogP contribution in [0.3, 0.4) is 0 Å². The Morgan fingerprint density at radius 1 is 1.12 bits per heavy atom. The Morgan fingerprint density at radius 2 is 1.84 bits per heavy atom. The summed E-state index contributed by atoms with van der Waals surface area (Å²) in [6.07, 6.45) is 3.46. The van der Waals surface area contributed by atoms with Crippen LogP contribution < -0.4 is 14.8 Å². The molecule has 0 spiro atoms. The fourth-order valence-electron chi connectivity index (χ4n) is 2.30. The van der Waals surface area contributed by atoms with Crippen LogP contribution in [0.4, 0.5) is 10.8 Å². The Bertz CT molecular complexity index is 872. The van der Waals surface area contributed by atoms with E-state index in [1.807, 2.05) is 12.1 Å². The number of nitrogens with zero attached hydrogens (tertiary/aromatic N) is 2. The number of pyridine rings is 1. The molecule has 1 N–H and O–H groups in total. The molecule has 0 amide bonds. The second-order valence-corrected chi connectivity index (χ2v) is 6.73. The zero-order valence-electron chi connectivity index (χ0n) is 13.5. The van der Waals surface area contributed by atoms with Gasteiger partial charge in [-0.1, -0.05) is 22.9 Å².